The molecule has 0 radical (unpaired) electrons. The third kappa shape index (κ3) is 5.84. The average Bonchev–Trinajstić information content (AvgIpc) is 3.35. The average molecular weight is 556 g/mol. The number of fused-ring (bicyclic) bond motifs is 1. The minimum Gasteiger partial charge on any atom is -0.497 e. The van der Waals surface area contributed by atoms with E-state index >= 15 is 0 Å². The maximum Gasteiger partial charge on any atom is 0.255 e. The van der Waals surface area contributed by atoms with Crippen molar-refractivity contribution in [3.8, 4) is 11.5 Å². The van der Waals surface area contributed by atoms with E-state index < -0.39 is 6.04 Å². The van der Waals surface area contributed by atoms with Crippen molar-refractivity contribution in [1.82, 2.24) is 14.8 Å². The summed E-state index contributed by atoms with van der Waals surface area (Å²) in [6.07, 6.45) is 0. The lowest BCUT2D eigenvalue weighted by Gasteiger charge is -2.28. The van der Waals surface area contributed by atoms with Gasteiger partial charge in [0.1, 0.15) is 17.5 Å². The van der Waals surface area contributed by atoms with Crippen molar-refractivity contribution in [3.05, 3.63) is 100 Å². The molecule has 2 N–H and O–H groups in total. The van der Waals surface area contributed by atoms with Crippen LogP contribution >= 0.6 is 11.8 Å². The SMILES string of the molecule is CCOc1ccc([C@H]2C(C(=O)Nc3ccc(OC)cc3)=C(C)Nc3nc(SCc4ccc(C)cc4C)nn32)cc1. The molecule has 0 aliphatic carbocycles. The number of hydrogen-bond donors (Lipinski definition) is 2. The number of carbonyl (C=O) groups excluding carboxylic acids is 1. The molecule has 40 heavy (non-hydrogen) atoms. The third-order valence-electron chi connectivity index (χ3n) is 6.79. The molecule has 1 aromatic heterocycles. The summed E-state index contributed by atoms with van der Waals surface area (Å²) in [5.41, 5.74) is 6.59. The number of aryl methyl sites for hydroxylation is 2. The van der Waals surface area contributed by atoms with E-state index in [1.165, 1.54) is 16.7 Å². The van der Waals surface area contributed by atoms with Crippen molar-refractivity contribution in [3.63, 3.8) is 0 Å². The smallest absolute Gasteiger partial charge is 0.255 e. The molecular formula is C31H33N5O3S. The molecule has 0 bridgehead atoms. The number of benzene rings is 3. The predicted octanol–water partition coefficient (Wildman–Crippen LogP) is 6.52. The van der Waals surface area contributed by atoms with Crippen LogP contribution in [0.5, 0.6) is 11.5 Å². The van der Waals surface area contributed by atoms with E-state index in [0.717, 1.165) is 28.5 Å². The Balaban J connectivity index is 1.47. The molecule has 3 aromatic carbocycles. The van der Waals surface area contributed by atoms with Crippen molar-refractivity contribution in [2.45, 2.75) is 44.6 Å². The van der Waals surface area contributed by atoms with Crippen LogP contribution in [0.3, 0.4) is 0 Å². The Morgan fingerprint density at radius 2 is 1.75 bits per heavy atom. The normalized spacial score (nSPS) is 14.4. The van der Waals surface area contributed by atoms with Crippen molar-refractivity contribution < 1.29 is 14.3 Å². The van der Waals surface area contributed by atoms with E-state index in [0.29, 0.717) is 29.0 Å². The third-order valence-corrected chi connectivity index (χ3v) is 7.67. The number of amides is 1. The highest BCUT2D eigenvalue weighted by atomic mass is 32.2. The van der Waals surface area contributed by atoms with Gasteiger partial charge in [-0.15, -0.1) is 5.10 Å². The number of thioether (sulfide) groups is 1. The second-order valence-corrected chi connectivity index (χ2v) is 10.6. The molecule has 2 heterocycles. The second kappa shape index (κ2) is 11.9. The molecule has 0 saturated carbocycles. The van der Waals surface area contributed by atoms with Crippen molar-refractivity contribution in [2.75, 3.05) is 24.4 Å². The number of carbonyl (C=O) groups is 1. The Morgan fingerprint density at radius 1 is 1.02 bits per heavy atom. The highest BCUT2D eigenvalue weighted by Gasteiger charge is 2.34. The van der Waals surface area contributed by atoms with E-state index in [1.54, 1.807) is 23.6 Å². The summed E-state index contributed by atoms with van der Waals surface area (Å²) >= 11 is 1.58. The van der Waals surface area contributed by atoms with Crippen LogP contribution in [0.15, 0.2) is 83.2 Å². The first-order valence-corrected chi connectivity index (χ1v) is 14.2. The van der Waals surface area contributed by atoms with Crippen LogP contribution in [0.25, 0.3) is 0 Å². The van der Waals surface area contributed by atoms with Gasteiger partial charge in [-0.3, -0.25) is 4.79 Å². The monoisotopic (exact) mass is 555 g/mol. The number of rotatable bonds is 9. The zero-order valence-corrected chi connectivity index (χ0v) is 24.1. The van der Waals surface area contributed by atoms with Crippen molar-refractivity contribution in [1.29, 1.82) is 0 Å². The molecule has 8 nitrogen and oxygen atoms in total. The largest absolute Gasteiger partial charge is 0.497 e. The fourth-order valence-electron chi connectivity index (χ4n) is 4.73. The predicted molar refractivity (Wildman–Crippen MR) is 159 cm³/mol. The second-order valence-electron chi connectivity index (χ2n) is 9.63. The summed E-state index contributed by atoms with van der Waals surface area (Å²) in [4.78, 5) is 18.5. The van der Waals surface area contributed by atoms with Crippen LogP contribution in [0, 0.1) is 13.8 Å². The molecule has 1 atom stereocenters. The molecule has 5 rings (SSSR count). The number of nitrogens with one attached hydrogen (secondary N) is 2. The van der Waals surface area contributed by atoms with Gasteiger partial charge in [-0.2, -0.15) is 4.98 Å². The molecule has 206 valence electrons. The first-order valence-electron chi connectivity index (χ1n) is 13.2. The van der Waals surface area contributed by atoms with Gasteiger partial charge in [0.25, 0.3) is 5.91 Å². The fourth-order valence-corrected chi connectivity index (χ4v) is 5.64. The van der Waals surface area contributed by atoms with E-state index in [2.05, 4.69) is 42.7 Å². The minimum atomic E-state index is -0.479. The highest BCUT2D eigenvalue weighted by Crippen LogP contribution is 2.37. The summed E-state index contributed by atoms with van der Waals surface area (Å²) in [6.45, 7) is 8.65. The van der Waals surface area contributed by atoms with Crippen LogP contribution in [-0.4, -0.2) is 34.4 Å². The maximum atomic E-state index is 13.7. The van der Waals surface area contributed by atoms with E-state index in [1.807, 2.05) is 62.4 Å². The Bertz CT molecular complexity index is 1540. The van der Waals surface area contributed by atoms with Gasteiger partial charge in [-0.25, -0.2) is 4.68 Å². The Labute approximate surface area is 238 Å². The van der Waals surface area contributed by atoms with Gasteiger partial charge in [0.2, 0.25) is 11.1 Å². The summed E-state index contributed by atoms with van der Waals surface area (Å²) in [7, 11) is 1.61. The summed E-state index contributed by atoms with van der Waals surface area (Å²) in [6, 6.07) is 21.0. The van der Waals surface area contributed by atoms with Crippen LogP contribution < -0.4 is 20.1 Å². The van der Waals surface area contributed by atoms with Crippen molar-refractivity contribution in [2.24, 2.45) is 0 Å². The zero-order valence-electron chi connectivity index (χ0n) is 23.3. The molecule has 1 aliphatic rings. The molecule has 0 spiro atoms. The molecule has 4 aromatic rings. The van der Waals surface area contributed by atoms with Crippen molar-refractivity contribution >= 4 is 29.3 Å². The molecular weight excluding hydrogens is 522 g/mol. The number of anilines is 2. The number of nitrogens with zero attached hydrogens (tertiary/aromatic N) is 3. The Hall–Kier alpha value is -4.24. The topological polar surface area (TPSA) is 90.3 Å². The van der Waals surface area contributed by atoms with Gasteiger partial charge in [0.15, 0.2) is 0 Å². The molecule has 1 amide bonds. The fraction of sp³-hybridized carbons (Fsp3) is 0.258. The Morgan fingerprint density at radius 3 is 2.42 bits per heavy atom. The lowest BCUT2D eigenvalue weighted by molar-refractivity contribution is -0.113. The number of aromatic nitrogens is 3. The maximum absolute atomic E-state index is 13.7. The van der Waals surface area contributed by atoms with Gasteiger partial charge >= 0.3 is 0 Å². The minimum absolute atomic E-state index is 0.223. The zero-order chi connectivity index (χ0) is 28.2. The quantitative estimate of drug-likeness (QED) is 0.227. The summed E-state index contributed by atoms with van der Waals surface area (Å²) < 4.78 is 12.7. The molecule has 0 unspecified atom stereocenters. The molecule has 1 aliphatic heterocycles. The van der Waals surface area contributed by atoms with E-state index in [-0.39, 0.29) is 5.91 Å². The van der Waals surface area contributed by atoms with E-state index in [4.69, 9.17) is 19.6 Å². The van der Waals surface area contributed by atoms with Crippen LogP contribution in [-0.2, 0) is 10.5 Å². The first-order chi connectivity index (χ1) is 19.4. The number of methoxy groups -OCH3 is 1. The molecule has 0 fully saturated rings. The van der Waals surface area contributed by atoms with Gasteiger partial charge < -0.3 is 20.1 Å². The van der Waals surface area contributed by atoms with Crippen LogP contribution in [0.1, 0.15) is 42.1 Å². The molecule has 9 heteroatoms. The lowest BCUT2D eigenvalue weighted by Crippen LogP contribution is -2.31. The Kier molecular flexibility index (Phi) is 8.11. The number of hydrogen-bond acceptors (Lipinski definition) is 7. The molecule has 0 saturated heterocycles. The number of ether oxygens (including phenoxy) is 2. The van der Waals surface area contributed by atoms with Crippen LogP contribution in [0.4, 0.5) is 11.6 Å². The van der Waals surface area contributed by atoms with Gasteiger partial charge in [-0.1, -0.05) is 47.7 Å². The number of allylic oxidation sites excluding steroid dienone is 1. The van der Waals surface area contributed by atoms with Gasteiger partial charge in [-0.05, 0) is 80.8 Å². The summed E-state index contributed by atoms with van der Waals surface area (Å²) in [5.74, 6) is 2.62. The lowest BCUT2D eigenvalue weighted by atomic mass is 9.95. The van der Waals surface area contributed by atoms with Gasteiger partial charge in [0, 0.05) is 17.1 Å². The van der Waals surface area contributed by atoms with Crippen LogP contribution in [0.2, 0.25) is 0 Å². The first kappa shape index (κ1) is 27.3. The van der Waals surface area contributed by atoms with E-state index in [9.17, 15) is 4.79 Å². The summed E-state index contributed by atoms with van der Waals surface area (Å²) in [5, 5.41) is 11.9. The highest BCUT2D eigenvalue weighted by molar-refractivity contribution is 7.98. The standard InChI is InChI=1S/C31H33N5O3S/c1-6-39-26-13-9-22(10-14-26)28-27(29(37)33-24-11-15-25(38-5)16-12-24)21(4)32-30-34-31(35-36(28)30)40-18-23-8-7-19(2)17-20(23)3/h7-17,28H,6,18H2,1-5H3,(H,33,37)(H,32,34,35)/t28-/m0/s1. The van der Waals surface area contributed by atoms with Gasteiger partial charge in [0.05, 0.1) is 19.3 Å².